The smallest absolute Gasteiger partial charge is 0.116 e. The molecule has 0 spiro atoms. The Morgan fingerprint density at radius 1 is 1.12 bits per heavy atom. The summed E-state index contributed by atoms with van der Waals surface area (Å²) < 4.78 is 0.808. The Labute approximate surface area is 103 Å². The van der Waals surface area contributed by atoms with E-state index < -0.39 is 0 Å². The van der Waals surface area contributed by atoms with Gasteiger partial charge in [-0.2, -0.15) is 0 Å². The number of nitrogens with zero attached hydrogens (tertiary/aromatic N) is 3. The molecule has 4 heteroatoms. The molecule has 0 bridgehead atoms. The summed E-state index contributed by atoms with van der Waals surface area (Å²) in [4.78, 5) is 12.6. The third kappa shape index (κ3) is 2.85. The van der Waals surface area contributed by atoms with Crippen molar-refractivity contribution in [3.63, 3.8) is 0 Å². The molecule has 2 aromatic rings. The lowest BCUT2D eigenvalue weighted by atomic mass is 10.1. The van der Waals surface area contributed by atoms with Crippen LogP contribution in [0.1, 0.15) is 23.9 Å². The second-order valence-electron chi connectivity index (χ2n) is 3.52. The van der Waals surface area contributed by atoms with Gasteiger partial charge in [0.1, 0.15) is 10.9 Å². The SMILES string of the molecule is CCc1ccc(Cc2cc(Br)ncn2)nc1. The molecule has 82 valence electrons. The molecule has 2 rings (SSSR count). The van der Waals surface area contributed by atoms with Gasteiger partial charge in [-0.25, -0.2) is 9.97 Å². The Hall–Kier alpha value is -1.29. The van der Waals surface area contributed by atoms with Gasteiger partial charge in [-0.3, -0.25) is 4.98 Å². The number of pyridine rings is 1. The van der Waals surface area contributed by atoms with Gasteiger partial charge in [-0.1, -0.05) is 13.0 Å². The summed E-state index contributed by atoms with van der Waals surface area (Å²) in [5.74, 6) is 0. The van der Waals surface area contributed by atoms with Crippen LogP contribution in [0.25, 0.3) is 0 Å². The molecule has 0 saturated carbocycles. The van der Waals surface area contributed by atoms with Gasteiger partial charge in [0.25, 0.3) is 0 Å². The Morgan fingerprint density at radius 3 is 2.62 bits per heavy atom. The van der Waals surface area contributed by atoms with Gasteiger partial charge < -0.3 is 0 Å². The van der Waals surface area contributed by atoms with Gasteiger partial charge >= 0.3 is 0 Å². The summed E-state index contributed by atoms with van der Waals surface area (Å²) >= 11 is 3.33. The van der Waals surface area contributed by atoms with Gasteiger partial charge in [0, 0.05) is 18.3 Å². The van der Waals surface area contributed by atoms with Gasteiger partial charge in [-0.15, -0.1) is 0 Å². The Bertz CT molecular complexity index is 468. The minimum Gasteiger partial charge on any atom is -0.261 e. The molecule has 0 aliphatic carbocycles. The van der Waals surface area contributed by atoms with Crippen LogP contribution < -0.4 is 0 Å². The molecule has 2 heterocycles. The molecule has 3 nitrogen and oxygen atoms in total. The monoisotopic (exact) mass is 277 g/mol. The van der Waals surface area contributed by atoms with E-state index in [1.54, 1.807) is 6.33 Å². The number of halogens is 1. The summed E-state index contributed by atoms with van der Waals surface area (Å²) in [7, 11) is 0. The van der Waals surface area contributed by atoms with Gasteiger partial charge in [-0.05, 0) is 40.0 Å². The highest BCUT2D eigenvalue weighted by atomic mass is 79.9. The lowest BCUT2D eigenvalue weighted by molar-refractivity contribution is 0.966. The topological polar surface area (TPSA) is 38.7 Å². The lowest BCUT2D eigenvalue weighted by Crippen LogP contribution is -1.96. The highest BCUT2D eigenvalue weighted by molar-refractivity contribution is 9.10. The maximum Gasteiger partial charge on any atom is 0.116 e. The van der Waals surface area contributed by atoms with E-state index in [0.29, 0.717) is 0 Å². The van der Waals surface area contributed by atoms with Crippen molar-refractivity contribution in [3.8, 4) is 0 Å². The zero-order valence-electron chi connectivity index (χ0n) is 9.02. The van der Waals surface area contributed by atoms with E-state index in [4.69, 9.17) is 0 Å². The van der Waals surface area contributed by atoms with E-state index >= 15 is 0 Å². The van der Waals surface area contributed by atoms with Crippen LogP contribution in [-0.4, -0.2) is 15.0 Å². The Morgan fingerprint density at radius 2 is 2.00 bits per heavy atom. The largest absolute Gasteiger partial charge is 0.261 e. The first-order valence-electron chi connectivity index (χ1n) is 5.18. The summed E-state index contributed by atoms with van der Waals surface area (Å²) in [6.45, 7) is 2.12. The summed E-state index contributed by atoms with van der Waals surface area (Å²) in [6.07, 6.45) is 5.24. The minimum absolute atomic E-state index is 0.741. The second kappa shape index (κ2) is 5.16. The van der Waals surface area contributed by atoms with Crippen molar-refractivity contribution in [1.82, 2.24) is 15.0 Å². The third-order valence-corrected chi connectivity index (χ3v) is 2.78. The zero-order valence-corrected chi connectivity index (χ0v) is 10.6. The van der Waals surface area contributed by atoms with Crippen LogP contribution in [0.5, 0.6) is 0 Å². The fourth-order valence-corrected chi connectivity index (χ4v) is 1.78. The summed E-state index contributed by atoms with van der Waals surface area (Å²) in [6, 6.07) is 6.07. The molecule has 0 saturated heterocycles. The van der Waals surface area contributed by atoms with E-state index in [-0.39, 0.29) is 0 Å². The highest BCUT2D eigenvalue weighted by Gasteiger charge is 2.00. The lowest BCUT2D eigenvalue weighted by Gasteiger charge is -2.01. The highest BCUT2D eigenvalue weighted by Crippen LogP contribution is 2.10. The first-order chi connectivity index (χ1) is 7.78. The van der Waals surface area contributed by atoms with Crippen LogP contribution in [0.3, 0.4) is 0 Å². The Kier molecular flexibility index (Phi) is 3.62. The number of aromatic nitrogens is 3. The molecule has 0 N–H and O–H groups in total. The fraction of sp³-hybridized carbons (Fsp3) is 0.250. The number of hydrogen-bond donors (Lipinski definition) is 0. The van der Waals surface area contributed by atoms with Crippen molar-refractivity contribution < 1.29 is 0 Å². The summed E-state index contributed by atoms with van der Waals surface area (Å²) in [5, 5.41) is 0. The van der Waals surface area contributed by atoms with Crippen LogP contribution in [0.2, 0.25) is 0 Å². The molecule has 16 heavy (non-hydrogen) atoms. The van der Waals surface area contributed by atoms with Crippen molar-refractivity contribution in [2.75, 3.05) is 0 Å². The predicted octanol–water partition coefficient (Wildman–Crippen LogP) is 2.79. The quantitative estimate of drug-likeness (QED) is 0.810. The molecule has 0 fully saturated rings. The van der Waals surface area contributed by atoms with Crippen LogP contribution in [0.15, 0.2) is 35.3 Å². The first kappa shape index (κ1) is 11.2. The van der Waals surface area contributed by atoms with Crippen molar-refractivity contribution in [2.45, 2.75) is 19.8 Å². The van der Waals surface area contributed by atoms with Crippen LogP contribution in [0.4, 0.5) is 0 Å². The van der Waals surface area contributed by atoms with Crippen molar-refractivity contribution in [3.05, 3.63) is 52.3 Å². The van der Waals surface area contributed by atoms with Crippen LogP contribution in [-0.2, 0) is 12.8 Å². The number of hydrogen-bond acceptors (Lipinski definition) is 3. The molecule has 2 aromatic heterocycles. The van der Waals surface area contributed by atoms with E-state index in [1.807, 2.05) is 12.3 Å². The van der Waals surface area contributed by atoms with Crippen molar-refractivity contribution in [2.24, 2.45) is 0 Å². The first-order valence-corrected chi connectivity index (χ1v) is 5.97. The zero-order chi connectivity index (χ0) is 11.4. The Balaban J connectivity index is 2.14. The summed E-state index contributed by atoms with van der Waals surface area (Å²) in [5.41, 5.74) is 3.26. The molecule has 0 aliphatic rings. The average molecular weight is 278 g/mol. The molecule has 0 radical (unpaired) electrons. The predicted molar refractivity (Wildman–Crippen MR) is 66.2 cm³/mol. The normalized spacial score (nSPS) is 10.4. The fourth-order valence-electron chi connectivity index (χ4n) is 1.42. The molecule has 0 atom stereocenters. The molecule has 0 amide bonds. The van der Waals surface area contributed by atoms with Gasteiger partial charge in [0.15, 0.2) is 0 Å². The van der Waals surface area contributed by atoms with E-state index in [1.165, 1.54) is 5.56 Å². The maximum absolute atomic E-state index is 4.40. The number of rotatable bonds is 3. The van der Waals surface area contributed by atoms with E-state index in [2.05, 4.69) is 49.9 Å². The standard InChI is InChI=1S/C12H12BrN3/c1-2-9-3-4-10(14-7-9)5-11-6-12(13)16-8-15-11/h3-4,6-8H,2,5H2,1H3. The maximum atomic E-state index is 4.40. The molecular weight excluding hydrogens is 266 g/mol. The molecular formula is C12H12BrN3. The molecule has 0 unspecified atom stereocenters. The average Bonchev–Trinajstić information content (AvgIpc) is 2.30. The van der Waals surface area contributed by atoms with E-state index in [9.17, 15) is 0 Å². The minimum atomic E-state index is 0.741. The van der Waals surface area contributed by atoms with Gasteiger partial charge in [0.2, 0.25) is 0 Å². The van der Waals surface area contributed by atoms with Gasteiger partial charge in [0.05, 0.1) is 5.69 Å². The molecule has 0 aliphatic heterocycles. The van der Waals surface area contributed by atoms with Crippen LogP contribution >= 0.6 is 15.9 Å². The third-order valence-electron chi connectivity index (χ3n) is 2.35. The van der Waals surface area contributed by atoms with Crippen molar-refractivity contribution >= 4 is 15.9 Å². The van der Waals surface area contributed by atoms with E-state index in [0.717, 1.165) is 28.8 Å². The number of aryl methyl sites for hydroxylation is 1. The second-order valence-corrected chi connectivity index (χ2v) is 4.33. The van der Waals surface area contributed by atoms with Crippen LogP contribution in [0, 0.1) is 0 Å². The van der Waals surface area contributed by atoms with Crippen molar-refractivity contribution in [1.29, 1.82) is 0 Å². The molecule has 0 aromatic carbocycles.